The molecule has 21 heavy (non-hydrogen) atoms. The summed E-state index contributed by atoms with van der Waals surface area (Å²) in [5.74, 6) is 0.674. The Morgan fingerprint density at radius 2 is 2.14 bits per heavy atom. The number of carbonyl (C=O) groups is 1. The van der Waals surface area contributed by atoms with E-state index in [9.17, 15) is 4.79 Å². The zero-order valence-corrected chi connectivity index (χ0v) is 13.7. The summed E-state index contributed by atoms with van der Waals surface area (Å²) in [6, 6.07) is 2.30. The van der Waals surface area contributed by atoms with Crippen LogP contribution in [0.1, 0.15) is 45.9 Å². The average Bonchev–Trinajstić information content (AvgIpc) is 2.92. The fraction of sp³-hybridized carbons (Fsp3) is 0.750. The van der Waals surface area contributed by atoms with Crippen molar-refractivity contribution in [1.29, 1.82) is 0 Å². The molecule has 118 valence electrons. The van der Waals surface area contributed by atoms with Gasteiger partial charge in [-0.05, 0) is 25.1 Å². The molecule has 0 saturated carbocycles. The van der Waals surface area contributed by atoms with Gasteiger partial charge in [-0.3, -0.25) is 9.48 Å². The molecule has 1 atom stereocenters. The molecule has 0 bridgehead atoms. The Morgan fingerprint density at radius 1 is 1.43 bits per heavy atom. The van der Waals surface area contributed by atoms with Crippen LogP contribution in [0.25, 0.3) is 0 Å². The highest BCUT2D eigenvalue weighted by atomic mass is 16.2. The molecule has 0 N–H and O–H groups in total. The van der Waals surface area contributed by atoms with Crippen molar-refractivity contribution < 1.29 is 4.79 Å². The summed E-state index contributed by atoms with van der Waals surface area (Å²) in [4.78, 5) is 16.8. The van der Waals surface area contributed by atoms with Crippen LogP contribution in [0.5, 0.6) is 0 Å². The van der Waals surface area contributed by atoms with E-state index < -0.39 is 0 Å². The molecule has 1 aromatic rings. The number of aromatic nitrogens is 2. The molecule has 0 spiro atoms. The molecule has 0 fully saturated rings. The van der Waals surface area contributed by atoms with Gasteiger partial charge in [-0.25, -0.2) is 0 Å². The van der Waals surface area contributed by atoms with Crippen molar-refractivity contribution in [2.45, 2.75) is 46.7 Å². The van der Waals surface area contributed by atoms with E-state index in [1.54, 1.807) is 0 Å². The Labute approximate surface area is 127 Å². The highest BCUT2D eigenvalue weighted by Gasteiger charge is 2.29. The number of hydrogen-bond donors (Lipinski definition) is 0. The number of likely N-dealkylation sites (N-methyl/N-ethyl adjacent to an activating group) is 1. The number of rotatable bonds is 6. The van der Waals surface area contributed by atoms with Crippen molar-refractivity contribution >= 4 is 5.91 Å². The lowest BCUT2D eigenvalue weighted by Gasteiger charge is -2.36. The van der Waals surface area contributed by atoms with Crippen LogP contribution >= 0.6 is 0 Å². The zero-order valence-electron chi connectivity index (χ0n) is 13.7. The quantitative estimate of drug-likeness (QED) is 0.807. The van der Waals surface area contributed by atoms with Gasteiger partial charge in [0.25, 0.3) is 0 Å². The fourth-order valence-corrected chi connectivity index (χ4v) is 2.97. The summed E-state index contributed by atoms with van der Waals surface area (Å²) in [5.41, 5.74) is 1.15. The van der Waals surface area contributed by atoms with Gasteiger partial charge in [-0.15, -0.1) is 0 Å². The van der Waals surface area contributed by atoms with E-state index in [2.05, 4.69) is 42.4 Å². The molecule has 1 aliphatic rings. The van der Waals surface area contributed by atoms with E-state index in [1.165, 1.54) is 0 Å². The van der Waals surface area contributed by atoms with Crippen LogP contribution in [0, 0.1) is 5.92 Å². The fourth-order valence-electron chi connectivity index (χ4n) is 2.97. The summed E-state index contributed by atoms with van der Waals surface area (Å²) in [6.07, 6.45) is 2.48. The smallest absolute Gasteiger partial charge is 0.223 e. The average molecular weight is 292 g/mol. The van der Waals surface area contributed by atoms with Crippen molar-refractivity contribution in [2.75, 3.05) is 26.2 Å². The van der Waals surface area contributed by atoms with Crippen LogP contribution in [-0.4, -0.2) is 51.7 Å². The van der Waals surface area contributed by atoms with Crippen molar-refractivity contribution in [2.24, 2.45) is 5.92 Å². The van der Waals surface area contributed by atoms with Gasteiger partial charge >= 0.3 is 0 Å². The second kappa shape index (κ2) is 7.07. The van der Waals surface area contributed by atoms with Crippen molar-refractivity contribution in [3.05, 3.63) is 18.0 Å². The lowest BCUT2D eigenvalue weighted by atomic mass is 10.1. The number of carbonyl (C=O) groups excluding carboxylic acids is 1. The molecule has 1 amide bonds. The second-order valence-corrected chi connectivity index (χ2v) is 6.28. The van der Waals surface area contributed by atoms with E-state index in [0.717, 1.165) is 31.9 Å². The van der Waals surface area contributed by atoms with Crippen molar-refractivity contribution in [3.8, 4) is 0 Å². The first kappa shape index (κ1) is 16.0. The Hall–Kier alpha value is -1.36. The highest BCUT2D eigenvalue weighted by molar-refractivity contribution is 5.76. The number of amides is 1. The third kappa shape index (κ3) is 3.84. The summed E-state index contributed by atoms with van der Waals surface area (Å²) >= 11 is 0. The van der Waals surface area contributed by atoms with Gasteiger partial charge in [0.05, 0.1) is 18.3 Å². The lowest BCUT2D eigenvalue weighted by Crippen LogP contribution is -2.45. The maximum atomic E-state index is 12.4. The van der Waals surface area contributed by atoms with E-state index in [-0.39, 0.29) is 11.9 Å². The number of fused-ring (bicyclic) bond motifs is 1. The van der Waals surface area contributed by atoms with Crippen LogP contribution in [0.15, 0.2) is 12.3 Å². The van der Waals surface area contributed by atoms with Gasteiger partial charge < -0.3 is 9.80 Å². The van der Waals surface area contributed by atoms with Gasteiger partial charge in [-0.2, -0.15) is 5.10 Å². The molecule has 0 saturated heterocycles. The number of nitrogens with zero attached hydrogens (tertiary/aromatic N) is 4. The van der Waals surface area contributed by atoms with Gasteiger partial charge in [-0.1, -0.05) is 27.7 Å². The minimum absolute atomic E-state index is 0.264. The maximum Gasteiger partial charge on any atom is 0.223 e. The van der Waals surface area contributed by atoms with Crippen molar-refractivity contribution in [3.63, 3.8) is 0 Å². The van der Waals surface area contributed by atoms with E-state index >= 15 is 0 Å². The third-order valence-corrected chi connectivity index (χ3v) is 4.18. The number of hydrogen-bond acceptors (Lipinski definition) is 3. The SMILES string of the molecule is CCN(CC)C[C@@H]1CN(C(=O)CC(C)C)Cc2ccnn21. The maximum absolute atomic E-state index is 12.4. The molecule has 0 aliphatic carbocycles. The minimum atomic E-state index is 0.264. The summed E-state index contributed by atoms with van der Waals surface area (Å²) in [6.45, 7) is 13.0. The Balaban J connectivity index is 2.12. The summed E-state index contributed by atoms with van der Waals surface area (Å²) in [7, 11) is 0. The monoisotopic (exact) mass is 292 g/mol. The normalized spacial score (nSPS) is 18.4. The van der Waals surface area contributed by atoms with Gasteiger partial charge in [0.2, 0.25) is 5.91 Å². The second-order valence-electron chi connectivity index (χ2n) is 6.28. The topological polar surface area (TPSA) is 41.4 Å². The Kier molecular flexibility index (Phi) is 5.39. The van der Waals surface area contributed by atoms with E-state index in [0.29, 0.717) is 18.9 Å². The Morgan fingerprint density at radius 3 is 2.76 bits per heavy atom. The molecule has 2 heterocycles. The standard InChI is InChI=1S/C16H28N4O/c1-5-18(6-2)10-15-12-19(16(21)9-13(3)4)11-14-7-8-17-20(14)15/h7-8,13,15H,5-6,9-12H2,1-4H3/t15-/m1/s1. The molecular formula is C16H28N4O. The van der Waals surface area contributed by atoms with Crippen LogP contribution in [0.3, 0.4) is 0 Å². The first-order valence-electron chi connectivity index (χ1n) is 8.07. The van der Waals surface area contributed by atoms with Gasteiger partial charge in [0.15, 0.2) is 0 Å². The van der Waals surface area contributed by atoms with Crippen LogP contribution in [-0.2, 0) is 11.3 Å². The first-order chi connectivity index (χ1) is 10.0. The van der Waals surface area contributed by atoms with Gasteiger partial charge in [0.1, 0.15) is 0 Å². The van der Waals surface area contributed by atoms with Crippen molar-refractivity contribution in [1.82, 2.24) is 19.6 Å². The predicted molar refractivity (Wildman–Crippen MR) is 83.9 cm³/mol. The predicted octanol–water partition coefficient (Wildman–Crippen LogP) is 2.15. The minimum Gasteiger partial charge on any atom is -0.335 e. The van der Waals surface area contributed by atoms with E-state index in [1.807, 2.05) is 17.2 Å². The Bertz CT molecular complexity index is 465. The van der Waals surface area contributed by atoms with Crippen LogP contribution in [0.4, 0.5) is 0 Å². The summed E-state index contributed by atoms with van der Waals surface area (Å²) < 4.78 is 2.11. The van der Waals surface area contributed by atoms with Crippen LogP contribution < -0.4 is 0 Å². The molecule has 5 heteroatoms. The lowest BCUT2D eigenvalue weighted by molar-refractivity contribution is -0.134. The molecule has 2 rings (SSSR count). The molecule has 1 aliphatic heterocycles. The largest absolute Gasteiger partial charge is 0.335 e. The zero-order chi connectivity index (χ0) is 15.4. The van der Waals surface area contributed by atoms with E-state index in [4.69, 9.17) is 0 Å². The summed E-state index contributed by atoms with van der Waals surface area (Å²) in [5, 5.41) is 4.47. The first-order valence-corrected chi connectivity index (χ1v) is 8.07. The van der Waals surface area contributed by atoms with Gasteiger partial charge in [0, 0.05) is 25.7 Å². The van der Waals surface area contributed by atoms with Crippen LogP contribution in [0.2, 0.25) is 0 Å². The molecule has 0 aromatic carbocycles. The highest BCUT2D eigenvalue weighted by Crippen LogP contribution is 2.22. The molecule has 0 unspecified atom stereocenters. The molecular weight excluding hydrogens is 264 g/mol. The molecule has 1 aromatic heterocycles. The third-order valence-electron chi connectivity index (χ3n) is 4.18. The molecule has 0 radical (unpaired) electrons. The molecule has 5 nitrogen and oxygen atoms in total.